The van der Waals surface area contributed by atoms with Crippen LogP contribution in [0.15, 0.2) is 18.7 Å². The lowest BCUT2D eigenvalue weighted by molar-refractivity contribution is -0.0583. The Labute approximate surface area is 120 Å². The Morgan fingerprint density at radius 3 is 2.81 bits per heavy atom. The molecular weight excluding hydrogens is 276 g/mol. The average molecular weight is 290 g/mol. The number of hydrogen-bond donors (Lipinski definition) is 3. The second-order valence-electron chi connectivity index (χ2n) is 5.02. The van der Waals surface area contributed by atoms with Crippen LogP contribution in [0, 0.1) is 5.41 Å². The lowest BCUT2D eigenvalue weighted by Crippen LogP contribution is -2.50. The maximum atomic E-state index is 12.0. The van der Waals surface area contributed by atoms with Gasteiger partial charge in [0.2, 0.25) is 0 Å². The predicted octanol–water partition coefficient (Wildman–Crippen LogP) is -0.159. The summed E-state index contributed by atoms with van der Waals surface area (Å²) in [7, 11) is 0. The van der Waals surface area contributed by atoms with Gasteiger partial charge >= 0.3 is 6.03 Å². The zero-order valence-electron chi connectivity index (χ0n) is 11.1. The van der Waals surface area contributed by atoms with Crippen molar-refractivity contribution in [3.8, 4) is 0 Å². The van der Waals surface area contributed by atoms with Gasteiger partial charge in [-0.1, -0.05) is 0 Å². The summed E-state index contributed by atoms with van der Waals surface area (Å²) in [4.78, 5) is 32.7. The van der Waals surface area contributed by atoms with Crippen molar-refractivity contribution < 1.29 is 14.8 Å². The summed E-state index contributed by atoms with van der Waals surface area (Å²) in [6.07, 6.45) is 5.13. The number of hydroxylamine groups is 2. The molecule has 2 aliphatic rings. The minimum Gasteiger partial charge on any atom is -0.311 e. The third-order valence-electron chi connectivity index (χ3n) is 3.75. The van der Waals surface area contributed by atoms with E-state index < -0.39 is 18.0 Å². The van der Waals surface area contributed by atoms with E-state index in [2.05, 4.69) is 15.3 Å². The highest BCUT2D eigenvalue weighted by molar-refractivity contribution is 6.07. The molecular formula is C12H14N6O3. The molecule has 3 amide bonds. The first kappa shape index (κ1) is 13.4. The summed E-state index contributed by atoms with van der Waals surface area (Å²) >= 11 is 0. The number of fused-ring (bicyclic) bond motifs is 2. The summed E-state index contributed by atoms with van der Waals surface area (Å²) in [6.45, 7) is 0.368. The molecule has 3 heterocycles. The van der Waals surface area contributed by atoms with Crippen molar-refractivity contribution in [2.75, 3.05) is 6.54 Å². The van der Waals surface area contributed by atoms with Gasteiger partial charge in [-0.05, 0) is 12.8 Å². The van der Waals surface area contributed by atoms with Crippen LogP contribution in [-0.2, 0) is 0 Å². The van der Waals surface area contributed by atoms with Gasteiger partial charge < -0.3 is 10.2 Å². The Bertz CT molecular complexity index is 592. The smallest absolute Gasteiger partial charge is 0.311 e. The van der Waals surface area contributed by atoms with Crippen LogP contribution in [0.2, 0.25) is 0 Å². The maximum absolute atomic E-state index is 12.0. The van der Waals surface area contributed by atoms with Crippen molar-refractivity contribution >= 4 is 17.8 Å². The van der Waals surface area contributed by atoms with Crippen LogP contribution in [0.25, 0.3) is 0 Å². The van der Waals surface area contributed by atoms with Gasteiger partial charge in [-0.2, -0.15) is 0 Å². The SMILES string of the molecule is N=C(NC(=O)c1cncnc1)[C@@H]1CC[C@@H]2CN1C(=O)N2O. The molecule has 1 aromatic rings. The molecule has 2 aliphatic heterocycles. The van der Waals surface area contributed by atoms with Gasteiger partial charge in [-0.3, -0.25) is 15.4 Å². The number of nitrogens with one attached hydrogen (secondary N) is 2. The van der Waals surface area contributed by atoms with Crippen molar-refractivity contribution in [1.82, 2.24) is 25.2 Å². The molecule has 0 unspecified atom stereocenters. The minimum atomic E-state index is -0.528. The Morgan fingerprint density at radius 1 is 1.38 bits per heavy atom. The molecule has 0 saturated carbocycles. The molecule has 2 fully saturated rings. The van der Waals surface area contributed by atoms with E-state index in [0.717, 1.165) is 0 Å². The molecule has 0 aliphatic carbocycles. The number of aromatic nitrogens is 2. The van der Waals surface area contributed by atoms with Crippen molar-refractivity contribution in [3.63, 3.8) is 0 Å². The number of carbonyl (C=O) groups is 2. The van der Waals surface area contributed by atoms with Crippen LogP contribution >= 0.6 is 0 Å². The van der Waals surface area contributed by atoms with Gasteiger partial charge in [-0.15, -0.1) is 0 Å². The van der Waals surface area contributed by atoms with E-state index in [1.807, 2.05) is 0 Å². The van der Waals surface area contributed by atoms with Gasteiger partial charge in [0.1, 0.15) is 12.2 Å². The van der Waals surface area contributed by atoms with Crippen molar-refractivity contribution in [2.24, 2.45) is 0 Å². The topological polar surface area (TPSA) is 123 Å². The van der Waals surface area contributed by atoms with E-state index in [0.29, 0.717) is 24.4 Å². The van der Waals surface area contributed by atoms with Gasteiger partial charge in [0.15, 0.2) is 0 Å². The summed E-state index contributed by atoms with van der Waals surface area (Å²) in [5.74, 6) is -0.554. The normalized spacial score (nSPS) is 24.1. The van der Waals surface area contributed by atoms with Crippen molar-refractivity contribution in [3.05, 3.63) is 24.3 Å². The van der Waals surface area contributed by atoms with Crippen LogP contribution in [0.1, 0.15) is 23.2 Å². The second kappa shape index (κ2) is 5.09. The maximum Gasteiger partial charge on any atom is 0.344 e. The molecule has 2 saturated heterocycles. The van der Waals surface area contributed by atoms with Crippen LogP contribution in [0.5, 0.6) is 0 Å². The number of hydrogen-bond acceptors (Lipinski definition) is 6. The highest BCUT2D eigenvalue weighted by Crippen LogP contribution is 2.28. The molecule has 110 valence electrons. The number of piperidine rings is 1. The summed E-state index contributed by atoms with van der Waals surface area (Å²) in [6, 6.07) is -1.27. The molecule has 0 aromatic carbocycles. The van der Waals surface area contributed by atoms with E-state index in [4.69, 9.17) is 5.41 Å². The number of amides is 3. The van der Waals surface area contributed by atoms with Crippen molar-refractivity contribution in [1.29, 1.82) is 5.41 Å². The van der Waals surface area contributed by atoms with Crippen LogP contribution in [0.4, 0.5) is 4.79 Å². The Morgan fingerprint density at radius 2 is 2.10 bits per heavy atom. The Hall–Kier alpha value is -2.55. The third kappa shape index (κ3) is 2.31. The molecule has 9 heteroatoms. The number of carbonyl (C=O) groups excluding carboxylic acids is 2. The fourth-order valence-electron chi connectivity index (χ4n) is 2.64. The number of rotatable bonds is 2. The second-order valence-corrected chi connectivity index (χ2v) is 5.02. The molecule has 0 radical (unpaired) electrons. The van der Waals surface area contributed by atoms with E-state index in [1.165, 1.54) is 23.6 Å². The molecule has 1 aromatic heterocycles. The predicted molar refractivity (Wildman–Crippen MR) is 69.8 cm³/mol. The van der Waals surface area contributed by atoms with Crippen LogP contribution in [-0.4, -0.2) is 61.5 Å². The molecule has 3 rings (SSSR count). The Kier molecular flexibility index (Phi) is 3.26. The molecule has 2 atom stereocenters. The highest BCUT2D eigenvalue weighted by Gasteiger charge is 2.45. The standard InChI is InChI=1S/C12H14N6O3/c13-10(16-11(19)7-3-14-6-15-4-7)9-2-1-8-5-17(9)12(20)18(8)21/h3-4,6,8-9,21H,1-2,5H2,(H2,13,16,19)/t8-,9+/m1/s1. The monoisotopic (exact) mass is 290 g/mol. The minimum absolute atomic E-state index is 0.0639. The molecule has 3 N–H and O–H groups in total. The molecule has 0 spiro atoms. The highest BCUT2D eigenvalue weighted by atomic mass is 16.5. The van der Waals surface area contributed by atoms with Gasteiger partial charge in [0, 0.05) is 18.9 Å². The first-order valence-corrected chi connectivity index (χ1v) is 6.51. The number of nitrogens with zero attached hydrogens (tertiary/aromatic N) is 4. The van der Waals surface area contributed by atoms with Crippen LogP contribution < -0.4 is 5.32 Å². The third-order valence-corrected chi connectivity index (χ3v) is 3.75. The van der Waals surface area contributed by atoms with E-state index in [9.17, 15) is 14.8 Å². The van der Waals surface area contributed by atoms with Gasteiger partial charge in [0.25, 0.3) is 5.91 Å². The largest absolute Gasteiger partial charge is 0.344 e. The molecule has 2 bridgehead atoms. The van der Waals surface area contributed by atoms with Gasteiger partial charge in [0.05, 0.1) is 17.6 Å². The first-order valence-electron chi connectivity index (χ1n) is 6.51. The summed E-state index contributed by atoms with van der Waals surface area (Å²) < 4.78 is 0. The fourth-order valence-corrected chi connectivity index (χ4v) is 2.64. The van der Waals surface area contributed by atoms with E-state index in [1.54, 1.807) is 0 Å². The number of amidine groups is 1. The van der Waals surface area contributed by atoms with E-state index >= 15 is 0 Å². The Balaban J connectivity index is 1.69. The number of urea groups is 1. The lowest BCUT2D eigenvalue weighted by Gasteiger charge is -2.30. The first-order chi connectivity index (χ1) is 10.1. The van der Waals surface area contributed by atoms with Crippen molar-refractivity contribution in [2.45, 2.75) is 24.9 Å². The fraction of sp³-hybridized carbons (Fsp3) is 0.417. The summed E-state index contributed by atoms with van der Waals surface area (Å²) in [5, 5.41) is 20.8. The van der Waals surface area contributed by atoms with Crippen LogP contribution in [0.3, 0.4) is 0 Å². The zero-order chi connectivity index (χ0) is 15.0. The molecule has 21 heavy (non-hydrogen) atoms. The average Bonchev–Trinajstić information content (AvgIpc) is 2.73. The van der Waals surface area contributed by atoms with E-state index in [-0.39, 0.29) is 17.4 Å². The quantitative estimate of drug-likeness (QED) is 0.397. The zero-order valence-corrected chi connectivity index (χ0v) is 11.1. The van der Waals surface area contributed by atoms with Gasteiger partial charge in [-0.25, -0.2) is 19.8 Å². The summed E-state index contributed by atoms with van der Waals surface area (Å²) in [5.41, 5.74) is 0.243. The molecule has 9 nitrogen and oxygen atoms in total. The lowest BCUT2D eigenvalue weighted by atomic mass is 10.00.